The number of rotatable bonds is 11. The first-order valence-electron chi connectivity index (χ1n) is 11.6. The number of sulfonamides is 1. The van der Waals surface area contributed by atoms with E-state index < -0.39 is 22.0 Å². The molecule has 1 aromatic carbocycles. The van der Waals surface area contributed by atoms with E-state index >= 15 is 0 Å². The average Bonchev–Trinajstić information content (AvgIpc) is 3.51. The fraction of sp³-hybridized carbons (Fsp3) is 0.308. The van der Waals surface area contributed by atoms with E-state index in [9.17, 15) is 18.3 Å². The van der Waals surface area contributed by atoms with Gasteiger partial charge in [-0.3, -0.25) is 4.98 Å². The summed E-state index contributed by atoms with van der Waals surface area (Å²) in [6, 6.07) is 16.3. The molecule has 4 rings (SSSR count). The van der Waals surface area contributed by atoms with Crippen LogP contribution in [0.3, 0.4) is 0 Å². The zero-order valence-electron chi connectivity index (χ0n) is 19.8. The molecular weight excluding hydrogens is 482 g/mol. The summed E-state index contributed by atoms with van der Waals surface area (Å²) in [6.45, 7) is 4.54. The first-order chi connectivity index (χ1) is 16.8. The molecule has 0 fully saturated rings. The molecule has 1 N–H and O–H groups in total. The second-order valence-corrected chi connectivity index (χ2v) is 11.7. The van der Waals surface area contributed by atoms with Crippen LogP contribution >= 0.6 is 11.3 Å². The van der Waals surface area contributed by atoms with Crippen LogP contribution in [0.15, 0.2) is 71.2 Å². The Kier molecular flexibility index (Phi) is 7.69. The number of hydrogen-bond donors (Lipinski definition) is 1. The van der Waals surface area contributed by atoms with Crippen LogP contribution in [0, 0.1) is 0 Å². The summed E-state index contributed by atoms with van der Waals surface area (Å²) in [6.07, 6.45) is 5.65. The molecule has 0 aliphatic heterocycles. The molecule has 0 bridgehead atoms. The van der Waals surface area contributed by atoms with E-state index in [0.29, 0.717) is 23.7 Å². The minimum Gasteiger partial charge on any atom is -0.480 e. The quantitative estimate of drug-likeness (QED) is 0.289. The Morgan fingerprint density at radius 2 is 1.97 bits per heavy atom. The van der Waals surface area contributed by atoms with E-state index in [1.54, 1.807) is 34.3 Å². The molecule has 7 nitrogen and oxygen atoms in total. The van der Waals surface area contributed by atoms with Crippen molar-refractivity contribution in [3.63, 3.8) is 0 Å². The molecule has 35 heavy (non-hydrogen) atoms. The summed E-state index contributed by atoms with van der Waals surface area (Å²) in [5.41, 5.74) is 2.74. The largest absolute Gasteiger partial charge is 0.480 e. The number of carboxylic acids is 1. The highest BCUT2D eigenvalue weighted by Gasteiger charge is 2.25. The number of aryl methyl sites for hydroxylation is 1. The van der Waals surface area contributed by atoms with Gasteiger partial charge in [-0.25, -0.2) is 13.2 Å². The van der Waals surface area contributed by atoms with Gasteiger partial charge in [-0.05, 0) is 79.6 Å². The number of hydrogen-bond acceptors (Lipinski definition) is 5. The van der Waals surface area contributed by atoms with Crippen LogP contribution in [0.4, 0.5) is 0 Å². The van der Waals surface area contributed by atoms with E-state index in [1.807, 2.05) is 49.4 Å². The van der Waals surface area contributed by atoms with E-state index in [1.165, 1.54) is 11.3 Å². The van der Waals surface area contributed by atoms with Gasteiger partial charge < -0.3 is 9.67 Å². The van der Waals surface area contributed by atoms with Gasteiger partial charge in [-0.1, -0.05) is 19.1 Å². The van der Waals surface area contributed by atoms with Crippen LogP contribution in [0.2, 0.25) is 0 Å². The van der Waals surface area contributed by atoms with Gasteiger partial charge in [-0.15, -0.1) is 11.3 Å². The van der Waals surface area contributed by atoms with E-state index in [0.717, 1.165) is 39.9 Å². The van der Waals surface area contributed by atoms with Crippen LogP contribution in [0.1, 0.15) is 38.3 Å². The Labute approximate surface area is 209 Å². The van der Waals surface area contributed by atoms with Gasteiger partial charge in [0.05, 0.1) is 10.6 Å². The Bertz CT molecular complexity index is 1410. The lowest BCUT2D eigenvalue weighted by Gasteiger charge is -2.20. The van der Waals surface area contributed by atoms with Gasteiger partial charge in [0, 0.05) is 31.0 Å². The molecule has 0 saturated carbocycles. The maximum absolute atomic E-state index is 13.4. The van der Waals surface area contributed by atoms with Crippen molar-refractivity contribution < 1.29 is 18.3 Å². The van der Waals surface area contributed by atoms with Gasteiger partial charge in [-0.2, -0.15) is 4.31 Å². The molecule has 1 unspecified atom stereocenters. The molecule has 9 heteroatoms. The highest BCUT2D eigenvalue weighted by molar-refractivity contribution is 7.91. The molecule has 0 aliphatic carbocycles. The number of benzene rings is 1. The average molecular weight is 512 g/mol. The summed E-state index contributed by atoms with van der Waals surface area (Å²) in [5.74, 6) is -0.873. The van der Waals surface area contributed by atoms with Crippen molar-refractivity contribution in [2.45, 2.75) is 43.4 Å². The fourth-order valence-corrected chi connectivity index (χ4v) is 7.13. The molecule has 3 heterocycles. The predicted octanol–water partition coefficient (Wildman–Crippen LogP) is 5.44. The van der Waals surface area contributed by atoms with Crippen molar-refractivity contribution in [1.29, 1.82) is 0 Å². The van der Waals surface area contributed by atoms with Crippen LogP contribution in [0.5, 0.6) is 0 Å². The lowest BCUT2D eigenvalue weighted by atomic mass is 10.1. The van der Waals surface area contributed by atoms with Gasteiger partial charge in [0.1, 0.15) is 10.3 Å². The van der Waals surface area contributed by atoms with Gasteiger partial charge in [0.25, 0.3) is 10.0 Å². The molecular formula is C26H29N3O4S2. The molecule has 4 aromatic rings. The molecule has 0 spiro atoms. The van der Waals surface area contributed by atoms with Crippen molar-refractivity contribution >= 4 is 38.2 Å². The predicted molar refractivity (Wildman–Crippen MR) is 139 cm³/mol. The summed E-state index contributed by atoms with van der Waals surface area (Å²) in [4.78, 5) is 16.5. The minimum absolute atomic E-state index is 0.335. The molecule has 1 atom stereocenters. The fourth-order valence-electron chi connectivity index (χ4n) is 4.12. The molecule has 0 aliphatic rings. The van der Waals surface area contributed by atoms with E-state index in [-0.39, 0.29) is 0 Å². The number of pyridine rings is 1. The van der Waals surface area contributed by atoms with Crippen molar-refractivity contribution in [2.75, 3.05) is 13.1 Å². The first kappa shape index (κ1) is 25.1. The first-order valence-corrected chi connectivity index (χ1v) is 13.9. The Balaban J connectivity index is 1.45. The number of nitrogens with zero attached hydrogens (tertiary/aromatic N) is 3. The number of aliphatic carboxylic acids is 1. The zero-order valence-corrected chi connectivity index (χ0v) is 21.4. The van der Waals surface area contributed by atoms with Gasteiger partial charge in [0.15, 0.2) is 0 Å². The maximum Gasteiger partial charge on any atom is 0.326 e. The van der Waals surface area contributed by atoms with Crippen molar-refractivity contribution in [1.82, 2.24) is 13.9 Å². The zero-order chi connectivity index (χ0) is 25.0. The summed E-state index contributed by atoms with van der Waals surface area (Å²) >= 11 is 1.25. The van der Waals surface area contributed by atoms with Crippen LogP contribution in [0.25, 0.3) is 21.5 Å². The maximum atomic E-state index is 13.4. The van der Waals surface area contributed by atoms with Crippen molar-refractivity contribution in [3.8, 4) is 10.6 Å². The van der Waals surface area contributed by atoms with Crippen molar-refractivity contribution in [2.24, 2.45) is 0 Å². The number of carboxylic acid groups (broad SMARTS) is 1. The van der Waals surface area contributed by atoms with Gasteiger partial charge >= 0.3 is 5.97 Å². The van der Waals surface area contributed by atoms with Crippen LogP contribution in [-0.4, -0.2) is 46.4 Å². The smallest absolute Gasteiger partial charge is 0.326 e. The second-order valence-electron chi connectivity index (χ2n) is 8.47. The highest BCUT2D eigenvalue weighted by Crippen LogP contribution is 2.31. The third-order valence-corrected chi connectivity index (χ3v) is 9.47. The van der Waals surface area contributed by atoms with E-state index in [2.05, 4.69) is 11.1 Å². The molecule has 0 saturated heterocycles. The summed E-state index contributed by atoms with van der Waals surface area (Å²) in [7, 11) is -3.59. The third kappa shape index (κ3) is 5.47. The normalized spacial score (nSPS) is 12.9. The Hall–Kier alpha value is -3.01. The molecule has 0 amide bonds. The minimum atomic E-state index is -3.59. The molecule has 3 aromatic heterocycles. The number of thiophene rings is 1. The summed E-state index contributed by atoms with van der Waals surface area (Å²) in [5, 5.41) is 10.3. The van der Waals surface area contributed by atoms with Gasteiger partial charge in [0.2, 0.25) is 0 Å². The lowest BCUT2D eigenvalue weighted by Crippen LogP contribution is -2.32. The second kappa shape index (κ2) is 10.7. The number of carbonyl (C=O) groups is 1. The third-order valence-electron chi connectivity index (χ3n) is 6.00. The standard InChI is InChI=1S/C26H29N3O4S2/c1-3-15-28(35(32,33)25-12-11-24(34-25)22-8-4-5-14-27-22)16-6-7-20-9-10-23-21(18-20)13-17-29(23)19(2)26(30)31/h4-5,8-14,17-19H,3,6-7,15-16H2,1-2H3,(H,30,31). The molecule has 0 radical (unpaired) electrons. The van der Waals surface area contributed by atoms with E-state index in [4.69, 9.17) is 0 Å². The Morgan fingerprint density at radius 1 is 1.14 bits per heavy atom. The Morgan fingerprint density at radius 3 is 2.69 bits per heavy atom. The van der Waals surface area contributed by atoms with Crippen molar-refractivity contribution in [3.05, 3.63) is 72.6 Å². The van der Waals surface area contributed by atoms with Crippen LogP contribution in [-0.2, 0) is 21.2 Å². The summed E-state index contributed by atoms with van der Waals surface area (Å²) < 4.78 is 30.4. The number of aromatic nitrogens is 2. The molecule has 184 valence electrons. The van der Waals surface area contributed by atoms with Crippen LogP contribution < -0.4 is 0 Å². The monoisotopic (exact) mass is 511 g/mol. The topological polar surface area (TPSA) is 92.5 Å². The highest BCUT2D eigenvalue weighted by atomic mass is 32.2. The number of fused-ring (bicyclic) bond motifs is 1. The SMILES string of the molecule is CCCN(CCCc1ccc2c(ccn2C(C)C(=O)O)c1)S(=O)(=O)c1ccc(-c2ccccn2)s1. The lowest BCUT2D eigenvalue weighted by molar-refractivity contribution is -0.140.